The Balaban J connectivity index is 0.000000187. The van der Waals surface area contributed by atoms with Gasteiger partial charge in [-0.15, -0.1) is 0 Å². The van der Waals surface area contributed by atoms with E-state index >= 15 is 0 Å². The second kappa shape index (κ2) is 19.8. The Kier molecular flexibility index (Phi) is 14.1. The van der Waals surface area contributed by atoms with Crippen molar-refractivity contribution in [2.75, 3.05) is 0 Å². The number of hydrogen-bond donors (Lipinski definition) is 2. The summed E-state index contributed by atoms with van der Waals surface area (Å²) < 4.78 is 66.7. The summed E-state index contributed by atoms with van der Waals surface area (Å²) in [6.45, 7) is 0. The Morgan fingerprint density at radius 3 is 1.43 bits per heavy atom. The number of halogens is 3. The van der Waals surface area contributed by atoms with Crippen LogP contribution in [-0.2, 0) is 10.1 Å². The molecule has 6 aromatic carbocycles. The topological polar surface area (TPSA) is 262 Å². The summed E-state index contributed by atoms with van der Waals surface area (Å²) in [6.07, 6.45) is 0. The highest BCUT2D eigenvalue weighted by molar-refractivity contribution is 7.88. The van der Waals surface area contributed by atoms with Gasteiger partial charge in [-0.1, -0.05) is 72.8 Å². The van der Waals surface area contributed by atoms with Crippen LogP contribution in [0.2, 0.25) is 0 Å². The second-order valence-corrected chi connectivity index (χ2v) is 15.3. The minimum atomic E-state index is -5.95. The van der Waals surface area contributed by atoms with Crippen molar-refractivity contribution in [1.82, 2.24) is 9.13 Å². The number of non-ortho nitro benzene ring substituents is 2. The first-order valence-corrected chi connectivity index (χ1v) is 20.4. The third-order valence-electron chi connectivity index (χ3n) is 9.55. The van der Waals surface area contributed by atoms with Crippen molar-refractivity contribution < 1.29 is 45.7 Å². The number of aromatic nitrogens is 2. The number of pyridine rings is 2. The SMILES string of the molecule is N#Cc1cc2ccc(-c3ccccc3)cc2n(-c2ccc([N+](=O)[O-])cc2)c1=O.N#Cc1cc2ccc(OS(=O)(=O)C(F)(F)F)cc2n(-c2ccc([N+](=O)[O-])cc2)c1=O.OB(O)c1ccccc1. The van der Waals surface area contributed by atoms with Gasteiger partial charge in [0.25, 0.3) is 22.5 Å². The van der Waals surface area contributed by atoms with Gasteiger partial charge in [-0.05, 0) is 71.2 Å². The first-order chi connectivity index (χ1) is 31.8. The highest BCUT2D eigenvalue weighted by Gasteiger charge is 2.48. The molecule has 0 saturated carbocycles. The fourth-order valence-corrected chi connectivity index (χ4v) is 6.83. The van der Waals surface area contributed by atoms with Crippen molar-refractivity contribution in [2.24, 2.45) is 0 Å². The number of nitro benzene ring substituents is 2. The lowest BCUT2D eigenvalue weighted by molar-refractivity contribution is -0.385. The van der Waals surface area contributed by atoms with E-state index in [4.69, 9.17) is 10.0 Å². The van der Waals surface area contributed by atoms with Crippen LogP contribution in [0.5, 0.6) is 5.75 Å². The zero-order chi connectivity index (χ0) is 48.6. The molecule has 0 fully saturated rings. The molecule has 334 valence electrons. The first kappa shape index (κ1) is 47.5. The molecule has 2 N–H and O–H groups in total. The summed E-state index contributed by atoms with van der Waals surface area (Å²) in [5, 5.41) is 58.4. The maximum Gasteiger partial charge on any atom is 0.534 e. The maximum absolute atomic E-state index is 12.9. The highest BCUT2D eigenvalue weighted by Crippen LogP contribution is 2.30. The molecule has 0 amide bonds. The zero-order valence-electron chi connectivity index (χ0n) is 33.9. The van der Waals surface area contributed by atoms with Gasteiger partial charge in [-0.3, -0.25) is 39.0 Å². The van der Waals surface area contributed by atoms with E-state index in [0.717, 1.165) is 45.3 Å². The van der Waals surface area contributed by atoms with Crippen molar-refractivity contribution >= 4 is 55.9 Å². The lowest BCUT2D eigenvalue weighted by atomic mass is 9.81. The van der Waals surface area contributed by atoms with Gasteiger partial charge in [0.1, 0.15) is 29.0 Å². The molecule has 8 aromatic rings. The van der Waals surface area contributed by atoms with Crippen LogP contribution in [0.25, 0.3) is 44.3 Å². The van der Waals surface area contributed by atoms with Gasteiger partial charge < -0.3 is 14.2 Å². The average molecular weight is 929 g/mol. The minimum absolute atomic E-state index is 0.0123. The average Bonchev–Trinajstić information content (AvgIpc) is 3.31. The van der Waals surface area contributed by atoms with Crippen LogP contribution >= 0.6 is 0 Å². The van der Waals surface area contributed by atoms with E-state index in [2.05, 4.69) is 4.18 Å². The minimum Gasteiger partial charge on any atom is -0.423 e. The van der Waals surface area contributed by atoms with E-state index in [0.29, 0.717) is 16.7 Å². The number of nitro groups is 2. The second-order valence-electron chi connectivity index (χ2n) is 13.8. The molecular formula is C45H28BF3N6O11S. The van der Waals surface area contributed by atoms with Crippen LogP contribution < -0.4 is 20.8 Å². The number of nitriles is 2. The number of hydrogen-bond acceptors (Lipinski definition) is 13. The van der Waals surface area contributed by atoms with Gasteiger partial charge in [0, 0.05) is 52.5 Å². The van der Waals surface area contributed by atoms with E-state index < -0.39 is 49.5 Å². The predicted molar refractivity (Wildman–Crippen MR) is 239 cm³/mol. The van der Waals surface area contributed by atoms with Gasteiger partial charge in [0.05, 0.1) is 20.9 Å². The molecule has 2 aromatic heterocycles. The first-order valence-electron chi connectivity index (χ1n) is 19.0. The lowest BCUT2D eigenvalue weighted by Crippen LogP contribution is -2.29. The van der Waals surface area contributed by atoms with Crippen molar-refractivity contribution in [3.8, 4) is 40.4 Å². The molecule has 0 bridgehead atoms. The number of fused-ring (bicyclic) bond motifs is 2. The fraction of sp³-hybridized carbons (Fsp3) is 0.0222. The van der Waals surface area contributed by atoms with Crippen molar-refractivity contribution in [3.05, 3.63) is 210 Å². The molecule has 0 aliphatic carbocycles. The molecule has 0 radical (unpaired) electrons. The standard InChI is InChI=1S/C22H13N3O3.C17H8F3N3O6S.C6H7BO2/c23-14-18-12-17-7-6-16(15-4-2-1-3-5-15)13-21(17)24(22(18)26)19-8-10-20(11-9-19)25(27)28;18-17(19,20)30(27,28)29-14-6-1-10-7-11(9-21)16(24)22(15(10)8-14)12-2-4-13(5-3-12)23(25)26;8-7(9)6-4-2-1-3-5-6/h1-13H;1-8H;1-5,8-9H. The van der Waals surface area contributed by atoms with Crippen LogP contribution in [-0.4, -0.2) is 50.1 Å². The van der Waals surface area contributed by atoms with Crippen LogP contribution in [0, 0.1) is 42.9 Å². The van der Waals surface area contributed by atoms with Gasteiger partial charge in [0.15, 0.2) is 0 Å². The monoisotopic (exact) mass is 928 g/mol. The van der Waals surface area contributed by atoms with Gasteiger partial charge in [-0.25, -0.2) is 0 Å². The van der Waals surface area contributed by atoms with E-state index in [1.165, 1.54) is 53.1 Å². The fourth-order valence-electron chi connectivity index (χ4n) is 6.37. The maximum atomic E-state index is 12.9. The van der Waals surface area contributed by atoms with Crippen molar-refractivity contribution in [3.63, 3.8) is 0 Å². The summed E-state index contributed by atoms with van der Waals surface area (Å²) in [5.74, 6) is -0.723. The predicted octanol–water partition coefficient (Wildman–Crippen LogP) is 6.80. The highest BCUT2D eigenvalue weighted by atomic mass is 32.2. The molecule has 0 aliphatic heterocycles. The molecule has 17 nitrogen and oxygen atoms in total. The normalized spacial score (nSPS) is 10.9. The van der Waals surface area contributed by atoms with Crippen LogP contribution in [0.4, 0.5) is 24.5 Å². The number of rotatable bonds is 8. The summed E-state index contributed by atoms with van der Waals surface area (Å²) in [5.41, 5.74) is -4.13. The molecule has 0 spiro atoms. The quantitative estimate of drug-likeness (QED) is 0.0523. The third-order valence-corrected chi connectivity index (χ3v) is 10.5. The largest absolute Gasteiger partial charge is 0.534 e. The van der Waals surface area contributed by atoms with Gasteiger partial charge in [0.2, 0.25) is 0 Å². The Labute approximate surface area is 375 Å². The Bertz CT molecular complexity index is 3490. The van der Waals surface area contributed by atoms with E-state index in [1.807, 2.05) is 60.7 Å². The Morgan fingerprint density at radius 2 is 1.03 bits per heavy atom. The zero-order valence-corrected chi connectivity index (χ0v) is 34.7. The molecule has 2 heterocycles. The molecule has 0 unspecified atom stereocenters. The van der Waals surface area contributed by atoms with Crippen molar-refractivity contribution in [2.45, 2.75) is 5.51 Å². The molecule has 0 aliphatic rings. The lowest BCUT2D eigenvalue weighted by Gasteiger charge is -2.13. The summed E-state index contributed by atoms with van der Waals surface area (Å²) in [7, 11) is -7.29. The molecular weight excluding hydrogens is 900 g/mol. The van der Waals surface area contributed by atoms with Gasteiger partial charge in [-0.2, -0.15) is 32.1 Å². The summed E-state index contributed by atoms with van der Waals surface area (Å²) >= 11 is 0. The van der Waals surface area contributed by atoms with Crippen LogP contribution in [0.15, 0.2) is 167 Å². The molecule has 67 heavy (non-hydrogen) atoms. The van der Waals surface area contributed by atoms with E-state index in [1.54, 1.807) is 36.4 Å². The molecule has 0 saturated heterocycles. The summed E-state index contributed by atoms with van der Waals surface area (Å²) in [6, 6.07) is 43.6. The number of nitrogens with zero attached hydrogens (tertiary/aromatic N) is 6. The summed E-state index contributed by atoms with van der Waals surface area (Å²) in [4.78, 5) is 46.1. The Hall–Kier alpha value is -8.96. The van der Waals surface area contributed by atoms with E-state index in [9.17, 15) is 61.9 Å². The molecule has 8 rings (SSSR count). The third kappa shape index (κ3) is 10.7. The molecule has 22 heteroatoms. The number of benzene rings is 6. The molecule has 0 atom stereocenters. The van der Waals surface area contributed by atoms with E-state index in [-0.39, 0.29) is 39.1 Å². The van der Waals surface area contributed by atoms with Crippen LogP contribution in [0.1, 0.15) is 11.1 Å². The smallest absolute Gasteiger partial charge is 0.423 e. The Morgan fingerprint density at radius 1 is 0.597 bits per heavy atom. The number of alkyl halides is 3. The van der Waals surface area contributed by atoms with Crippen LogP contribution in [0.3, 0.4) is 0 Å². The van der Waals surface area contributed by atoms with Crippen molar-refractivity contribution in [1.29, 1.82) is 10.5 Å². The van der Waals surface area contributed by atoms with Gasteiger partial charge >= 0.3 is 22.7 Å².